The van der Waals surface area contributed by atoms with Crippen LogP contribution < -0.4 is 5.32 Å². The Hall–Kier alpha value is 1.15. The molecule has 5 heteroatoms. The maximum Gasteiger partial charge on any atom is 0.259 e. The topological polar surface area (TPSA) is 29.1 Å². The Morgan fingerprint density at radius 2 is 2.08 bits per heavy atom. The molecule has 0 radical (unpaired) electrons. The smallest absolute Gasteiger partial charge is 0.259 e. The first kappa shape index (κ1) is 13.2. The van der Waals surface area contributed by atoms with Crippen molar-refractivity contribution in [3.05, 3.63) is 6.07 Å². The molecule has 0 aromatic heterocycles. The molecule has 1 N–H and O–H groups in total. The van der Waals surface area contributed by atoms with E-state index in [9.17, 15) is 4.79 Å². The third-order valence-electron chi connectivity index (χ3n) is 1.18. The zero-order valence-electron chi connectivity index (χ0n) is 6.66. The number of amides is 1. The summed E-state index contributed by atoms with van der Waals surface area (Å²) in [6, 6.07) is 0. The van der Waals surface area contributed by atoms with E-state index in [0.717, 1.165) is 21.9 Å². The molecule has 12 heavy (non-hydrogen) atoms. The molecule has 0 bridgehead atoms. The lowest BCUT2D eigenvalue weighted by molar-refractivity contribution is -0.116. The lowest BCUT2D eigenvalue weighted by Crippen LogP contribution is -2.24. The fraction of sp³-hybridized carbons (Fsp3) is 0.571. The van der Waals surface area contributed by atoms with Crippen LogP contribution >= 0.6 is 61.1 Å². The van der Waals surface area contributed by atoms with Gasteiger partial charge < -0.3 is 5.32 Å². The van der Waals surface area contributed by atoms with Crippen LogP contribution in [-0.4, -0.2) is 12.5 Å². The van der Waals surface area contributed by atoms with Gasteiger partial charge in [-0.25, -0.2) is 0 Å². The van der Waals surface area contributed by atoms with Gasteiger partial charge in [0.1, 0.15) is 0 Å². The molecule has 0 aliphatic carbocycles. The second-order valence-electron chi connectivity index (χ2n) is 2.18. The van der Waals surface area contributed by atoms with E-state index in [-0.39, 0.29) is 5.91 Å². The summed E-state index contributed by atoms with van der Waals surface area (Å²) in [6.07, 6.45) is 2.14. The minimum atomic E-state index is 0.00493. The van der Waals surface area contributed by atoms with E-state index < -0.39 is 0 Å². The first-order chi connectivity index (χ1) is 5.59. The molecular weight excluding hydrogens is 448 g/mol. The molecule has 0 rings (SSSR count). The highest BCUT2D eigenvalue weighted by atomic mass is 127. The Morgan fingerprint density at radius 1 is 1.50 bits per heavy atom. The maximum absolute atomic E-state index is 11.2. The summed E-state index contributed by atoms with van der Waals surface area (Å²) < 4.78 is 1.57. The van der Waals surface area contributed by atoms with Gasteiger partial charge in [-0.3, -0.25) is 4.79 Å². The number of hydrogen-bond acceptors (Lipinski definition) is 1. The molecule has 0 heterocycles. The van der Waals surface area contributed by atoms with Crippen LogP contribution in [0.5, 0.6) is 0 Å². The average Bonchev–Trinajstić information content (AvgIpc) is 2.03. The summed E-state index contributed by atoms with van der Waals surface area (Å²) in [7, 11) is 0. The minimum Gasteiger partial charge on any atom is -0.352 e. The highest BCUT2D eigenvalue weighted by Gasteiger charge is 2.07. The van der Waals surface area contributed by atoms with Crippen molar-refractivity contribution in [2.75, 3.05) is 6.54 Å². The normalized spacial score (nSPS) is 12.3. The van der Waals surface area contributed by atoms with E-state index in [1.54, 1.807) is 0 Å². The van der Waals surface area contributed by atoms with Crippen molar-refractivity contribution in [2.45, 2.75) is 19.8 Å². The molecule has 2 nitrogen and oxygen atoms in total. The lowest BCUT2D eigenvalue weighted by atomic mass is 10.3. The third-order valence-corrected chi connectivity index (χ3v) is 4.92. The Bertz CT molecular complexity index is 190. The molecular formula is C7H10BrI2NO. The Balaban J connectivity index is 3.81. The predicted octanol–water partition coefficient (Wildman–Crippen LogP) is 3.34. The molecule has 1 amide bonds. The summed E-state index contributed by atoms with van der Waals surface area (Å²) in [5.41, 5.74) is 0. The first-order valence-corrected chi connectivity index (χ1v) is 6.53. The molecule has 0 saturated carbocycles. The summed E-state index contributed by atoms with van der Waals surface area (Å²) >= 11 is 7.34. The second kappa shape index (κ2) is 7.54. The van der Waals surface area contributed by atoms with Crippen LogP contribution in [0.15, 0.2) is 6.07 Å². The number of rotatable bonds is 4. The summed E-state index contributed by atoms with van der Waals surface area (Å²) in [5.74, 6) is 0.00493. The van der Waals surface area contributed by atoms with Gasteiger partial charge in [0, 0.05) is 6.54 Å². The number of carbonyl (C=O) groups excluding carboxylic acids is 1. The number of hydrogen-bond donors (Lipinski definition) is 1. The van der Waals surface area contributed by atoms with Crippen LogP contribution in [0.4, 0.5) is 0 Å². The van der Waals surface area contributed by atoms with Gasteiger partial charge in [0.25, 0.3) is 5.91 Å². The van der Waals surface area contributed by atoms with E-state index in [1.807, 2.05) is 22.6 Å². The van der Waals surface area contributed by atoms with E-state index in [2.05, 4.69) is 50.8 Å². The van der Waals surface area contributed by atoms with Gasteiger partial charge >= 0.3 is 0 Å². The molecule has 0 aliphatic rings. The number of unbranched alkanes of at least 4 members (excludes halogenated alkanes) is 1. The quantitative estimate of drug-likeness (QED) is 0.391. The molecule has 0 aliphatic heterocycles. The van der Waals surface area contributed by atoms with Crippen molar-refractivity contribution in [3.63, 3.8) is 0 Å². The largest absolute Gasteiger partial charge is 0.352 e. The molecule has 0 fully saturated rings. The van der Waals surface area contributed by atoms with Crippen LogP contribution in [0.25, 0.3) is 0 Å². The van der Waals surface area contributed by atoms with Crippen molar-refractivity contribution in [2.24, 2.45) is 0 Å². The van der Waals surface area contributed by atoms with E-state index in [4.69, 9.17) is 0 Å². The van der Waals surface area contributed by atoms with E-state index in [0.29, 0.717) is 3.58 Å². The van der Waals surface area contributed by atoms with Gasteiger partial charge in [-0.2, -0.15) is 0 Å². The number of carbonyl (C=O) groups is 1. The predicted molar refractivity (Wildman–Crippen MR) is 71.9 cm³/mol. The van der Waals surface area contributed by atoms with Crippen molar-refractivity contribution in [1.29, 1.82) is 0 Å². The van der Waals surface area contributed by atoms with Gasteiger partial charge in [-0.15, -0.1) is 0 Å². The lowest BCUT2D eigenvalue weighted by Gasteiger charge is -2.02. The third kappa shape index (κ3) is 5.74. The molecule has 0 aromatic carbocycles. The highest BCUT2D eigenvalue weighted by Crippen LogP contribution is 2.24. The van der Waals surface area contributed by atoms with Gasteiger partial charge in [-0.05, 0) is 67.5 Å². The van der Waals surface area contributed by atoms with Crippen LogP contribution in [0.1, 0.15) is 19.8 Å². The van der Waals surface area contributed by atoms with Gasteiger partial charge in [0.15, 0.2) is 0 Å². The summed E-state index contributed by atoms with van der Waals surface area (Å²) in [4.78, 5) is 11.2. The van der Waals surface area contributed by atoms with Crippen molar-refractivity contribution < 1.29 is 4.79 Å². The van der Waals surface area contributed by atoms with Gasteiger partial charge in [0.05, 0.1) is 6.07 Å². The average molecular weight is 458 g/mol. The fourth-order valence-electron chi connectivity index (χ4n) is 0.542. The minimum absolute atomic E-state index is 0.00493. The maximum atomic E-state index is 11.2. The molecule has 70 valence electrons. The number of halogens is 3. The zero-order chi connectivity index (χ0) is 9.56. The van der Waals surface area contributed by atoms with Crippen LogP contribution in [-0.2, 0) is 4.79 Å². The molecule has 0 unspecified atom stereocenters. The molecule has 0 atom stereocenters. The standard InChI is InChI=1S/C7H10BrI2NO/c1-2-3-4-11-7(12)5(9)6(8)10/h2-4H2,1H3,(H,11,12). The van der Waals surface area contributed by atoms with Crippen molar-refractivity contribution >= 4 is 67.0 Å². The molecule has 0 aromatic rings. The van der Waals surface area contributed by atoms with Crippen molar-refractivity contribution in [1.82, 2.24) is 5.32 Å². The Labute approximate surface area is 108 Å². The highest BCUT2D eigenvalue weighted by molar-refractivity contribution is 14.1. The SMILES string of the molecule is CCCCNC(=O)C(I)=C(Br)I. The first-order valence-electron chi connectivity index (χ1n) is 3.58. The van der Waals surface area contributed by atoms with Gasteiger partial charge in [-0.1, -0.05) is 13.3 Å². The Morgan fingerprint density at radius 3 is 2.50 bits per heavy atom. The van der Waals surface area contributed by atoms with Gasteiger partial charge in [0.2, 0.25) is 0 Å². The van der Waals surface area contributed by atoms with Crippen LogP contribution in [0.3, 0.4) is 0 Å². The van der Waals surface area contributed by atoms with Crippen LogP contribution in [0, 0.1) is 0 Å². The monoisotopic (exact) mass is 457 g/mol. The number of nitrogens with one attached hydrogen (secondary N) is 1. The van der Waals surface area contributed by atoms with E-state index in [1.165, 1.54) is 0 Å². The molecule has 0 spiro atoms. The summed E-state index contributed by atoms with van der Waals surface area (Å²) in [5, 5.41) is 2.83. The summed E-state index contributed by atoms with van der Waals surface area (Å²) in [6.45, 7) is 2.86. The Kier molecular flexibility index (Phi) is 8.27. The van der Waals surface area contributed by atoms with Crippen molar-refractivity contribution in [3.8, 4) is 0 Å². The fourth-order valence-corrected chi connectivity index (χ4v) is 1.16. The second-order valence-corrected chi connectivity index (χ2v) is 6.62. The molecule has 0 saturated heterocycles. The zero-order valence-corrected chi connectivity index (χ0v) is 12.6. The van der Waals surface area contributed by atoms with Crippen LogP contribution in [0.2, 0.25) is 0 Å². The van der Waals surface area contributed by atoms with E-state index >= 15 is 0 Å².